The fourth-order valence-electron chi connectivity index (χ4n) is 3.98. The van der Waals surface area contributed by atoms with Crippen LogP contribution in [0.15, 0.2) is 35.3 Å². The molecule has 0 saturated carbocycles. The Morgan fingerprint density at radius 3 is 2.58 bits per heavy atom. The number of nitrogens with two attached hydrogens (primary N) is 1. The number of carbonyl (C=O) groups excluding carboxylic acids is 3. The number of hydrazine groups is 1. The molecule has 2 rings (SSSR count). The van der Waals surface area contributed by atoms with Gasteiger partial charge in [-0.1, -0.05) is 42.7 Å². The normalized spacial score (nSPS) is 18.7. The molecular weight excluding hydrogens is 496 g/mol. The van der Waals surface area contributed by atoms with Gasteiger partial charge in [0.15, 0.2) is 5.03 Å². The Morgan fingerprint density at radius 1 is 1.26 bits per heavy atom. The topological polar surface area (TPSA) is 178 Å². The summed E-state index contributed by atoms with van der Waals surface area (Å²) in [7, 11) is 0. The number of hydrogen-bond donors (Lipinski definition) is 3. The first-order valence-corrected chi connectivity index (χ1v) is 12.6. The molecule has 13 nitrogen and oxygen atoms in total. The molecule has 1 saturated heterocycles. The molecule has 4 N–H and O–H groups in total. The molecule has 0 aromatic heterocycles. The molecule has 1 aliphatic heterocycles. The molecule has 2 amide bonds. The van der Waals surface area contributed by atoms with E-state index >= 15 is 0 Å². The van der Waals surface area contributed by atoms with Gasteiger partial charge in [0.1, 0.15) is 24.3 Å². The van der Waals surface area contributed by atoms with Crippen molar-refractivity contribution in [1.29, 1.82) is 0 Å². The Morgan fingerprint density at radius 2 is 1.95 bits per heavy atom. The molecule has 1 aromatic rings. The van der Waals surface area contributed by atoms with Gasteiger partial charge in [-0.3, -0.25) is 4.79 Å². The van der Waals surface area contributed by atoms with Gasteiger partial charge in [0, 0.05) is 13.1 Å². The third kappa shape index (κ3) is 10.6. The number of rotatable bonds is 10. The van der Waals surface area contributed by atoms with Crippen LogP contribution in [0.3, 0.4) is 0 Å². The Labute approximate surface area is 222 Å². The van der Waals surface area contributed by atoms with E-state index in [1.165, 1.54) is 4.90 Å². The fourth-order valence-corrected chi connectivity index (χ4v) is 3.98. The van der Waals surface area contributed by atoms with Crippen LogP contribution >= 0.6 is 0 Å². The summed E-state index contributed by atoms with van der Waals surface area (Å²) in [4.78, 5) is 55.0. The van der Waals surface area contributed by atoms with Crippen molar-refractivity contribution in [1.82, 2.24) is 15.6 Å². The van der Waals surface area contributed by atoms with Crippen molar-refractivity contribution in [3.63, 3.8) is 0 Å². The fraction of sp³-hybridized carbons (Fsp3) is 0.600. The van der Waals surface area contributed by atoms with Gasteiger partial charge >= 0.3 is 12.1 Å². The molecule has 3 atom stereocenters. The number of piperidine rings is 1. The highest BCUT2D eigenvalue weighted by molar-refractivity contribution is 5.90. The Kier molecular flexibility index (Phi) is 11.3. The number of nitro groups is 1. The number of ether oxygens (including phenoxy) is 2. The summed E-state index contributed by atoms with van der Waals surface area (Å²) in [6, 6.07) is 7.44. The highest BCUT2D eigenvalue weighted by Crippen LogP contribution is 2.25. The standard InChI is InChI=1S/C25H38N6O7/c1-17-12-14-30(20(15-17)22(33)37-16-18-9-6-5-7-10-18)21(32)19(28-24(34)38-25(2,3)4)11-8-13-27-23(26)29-31(35)36/h5-7,9-10,17,19-20H,8,11-16H2,1-4H3,(H,28,34)(H3,26,27,29). The van der Waals surface area contributed by atoms with Gasteiger partial charge < -0.3 is 25.4 Å². The second-order valence-corrected chi connectivity index (χ2v) is 10.2. The van der Waals surface area contributed by atoms with Gasteiger partial charge in [-0.25, -0.2) is 24.7 Å². The number of aliphatic imine (C=N–C) groups is 1. The van der Waals surface area contributed by atoms with E-state index in [0.29, 0.717) is 19.4 Å². The smallest absolute Gasteiger partial charge is 0.408 e. The van der Waals surface area contributed by atoms with Gasteiger partial charge in [-0.2, -0.15) is 0 Å². The van der Waals surface area contributed by atoms with Crippen molar-refractivity contribution >= 4 is 23.9 Å². The van der Waals surface area contributed by atoms with E-state index in [1.807, 2.05) is 37.3 Å². The predicted molar refractivity (Wildman–Crippen MR) is 139 cm³/mol. The number of amides is 2. The molecule has 210 valence electrons. The Bertz CT molecular complexity index is 996. The summed E-state index contributed by atoms with van der Waals surface area (Å²) < 4.78 is 10.9. The molecule has 1 aliphatic rings. The van der Waals surface area contributed by atoms with Crippen LogP contribution in [0.2, 0.25) is 0 Å². The number of benzene rings is 1. The number of guanidine groups is 1. The molecule has 3 unspecified atom stereocenters. The molecule has 0 radical (unpaired) electrons. The summed E-state index contributed by atoms with van der Waals surface area (Å²) in [6.07, 6.45) is 0.778. The minimum Gasteiger partial charge on any atom is -0.459 e. The second kappa shape index (κ2) is 14.1. The maximum absolute atomic E-state index is 13.7. The number of carbonyl (C=O) groups is 3. The van der Waals surface area contributed by atoms with Crippen LogP contribution < -0.4 is 16.5 Å². The average molecular weight is 535 g/mol. The number of alkyl carbamates (subject to hydrolysis) is 1. The van der Waals surface area contributed by atoms with E-state index in [2.05, 4.69) is 10.3 Å². The highest BCUT2D eigenvalue weighted by Gasteiger charge is 2.39. The third-order valence-electron chi connectivity index (χ3n) is 5.77. The number of hydrogen-bond acceptors (Lipinski definition) is 8. The van der Waals surface area contributed by atoms with E-state index in [0.717, 1.165) is 5.56 Å². The van der Waals surface area contributed by atoms with Crippen LogP contribution in [0.5, 0.6) is 0 Å². The van der Waals surface area contributed by atoms with E-state index < -0.39 is 40.7 Å². The van der Waals surface area contributed by atoms with Gasteiger partial charge in [0.05, 0.1) is 0 Å². The van der Waals surface area contributed by atoms with Crippen molar-refractivity contribution in [2.45, 2.75) is 77.7 Å². The first-order valence-electron chi connectivity index (χ1n) is 12.6. The van der Waals surface area contributed by atoms with Crippen molar-refractivity contribution in [3.05, 3.63) is 46.0 Å². The van der Waals surface area contributed by atoms with E-state index in [9.17, 15) is 24.5 Å². The summed E-state index contributed by atoms with van der Waals surface area (Å²) in [6.45, 7) is 7.61. The van der Waals surface area contributed by atoms with E-state index in [1.54, 1.807) is 26.2 Å². The predicted octanol–water partition coefficient (Wildman–Crippen LogP) is 2.13. The van der Waals surface area contributed by atoms with Gasteiger partial charge in [-0.05, 0) is 57.9 Å². The van der Waals surface area contributed by atoms with Gasteiger partial charge in [-0.15, -0.1) is 0 Å². The van der Waals surface area contributed by atoms with E-state index in [4.69, 9.17) is 15.2 Å². The van der Waals surface area contributed by atoms with Gasteiger partial charge in [0.25, 0.3) is 5.96 Å². The number of nitrogens with zero attached hydrogens (tertiary/aromatic N) is 3. The third-order valence-corrected chi connectivity index (χ3v) is 5.77. The number of nitrogens with one attached hydrogen (secondary N) is 2. The van der Waals surface area contributed by atoms with E-state index in [-0.39, 0.29) is 37.9 Å². The molecule has 13 heteroatoms. The monoisotopic (exact) mass is 534 g/mol. The van der Waals surface area contributed by atoms with Crippen LogP contribution in [0.4, 0.5) is 4.79 Å². The molecule has 0 spiro atoms. The Balaban J connectivity index is 2.14. The molecule has 1 fully saturated rings. The minimum absolute atomic E-state index is 0.0754. The molecular formula is C25H38N6O7. The lowest BCUT2D eigenvalue weighted by atomic mass is 9.91. The van der Waals surface area contributed by atoms with Crippen LogP contribution in [0.25, 0.3) is 0 Å². The molecule has 38 heavy (non-hydrogen) atoms. The van der Waals surface area contributed by atoms with Crippen molar-refractivity contribution in [2.24, 2.45) is 16.6 Å². The lowest BCUT2D eigenvalue weighted by Gasteiger charge is -2.39. The summed E-state index contributed by atoms with van der Waals surface area (Å²) in [5.41, 5.74) is 7.23. The lowest BCUT2D eigenvalue weighted by molar-refractivity contribution is -0.525. The molecule has 1 aromatic carbocycles. The van der Waals surface area contributed by atoms with Crippen LogP contribution in [-0.2, 0) is 25.7 Å². The highest BCUT2D eigenvalue weighted by atomic mass is 16.7. The van der Waals surface area contributed by atoms with Gasteiger partial charge in [0.2, 0.25) is 5.91 Å². The zero-order valence-corrected chi connectivity index (χ0v) is 22.3. The molecule has 0 bridgehead atoms. The maximum Gasteiger partial charge on any atom is 0.408 e. The number of likely N-dealkylation sites (tertiary alicyclic amines) is 1. The zero-order chi connectivity index (χ0) is 28.3. The second-order valence-electron chi connectivity index (χ2n) is 10.2. The first-order chi connectivity index (χ1) is 17.9. The minimum atomic E-state index is -1.01. The van der Waals surface area contributed by atoms with Crippen LogP contribution in [-0.4, -0.2) is 64.6 Å². The molecule has 1 heterocycles. The average Bonchev–Trinajstić information content (AvgIpc) is 2.83. The summed E-state index contributed by atoms with van der Waals surface area (Å²) in [5.74, 6) is -1.11. The maximum atomic E-state index is 13.7. The van der Waals surface area contributed by atoms with Crippen LogP contribution in [0, 0.1) is 16.0 Å². The van der Waals surface area contributed by atoms with Crippen molar-refractivity contribution in [2.75, 3.05) is 13.1 Å². The molecule has 0 aliphatic carbocycles. The summed E-state index contributed by atoms with van der Waals surface area (Å²) >= 11 is 0. The SMILES string of the molecule is CC1CCN(C(=O)C(CCCN=C(N)N[N+](=O)[O-])NC(=O)OC(C)(C)C)C(C(=O)OCc2ccccc2)C1. The Hall–Kier alpha value is -3.90. The number of esters is 1. The van der Waals surface area contributed by atoms with Crippen LogP contribution in [0.1, 0.15) is 58.9 Å². The zero-order valence-electron chi connectivity index (χ0n) is 22.3. The van der Waals surface area contributed by atoms with Crippen molar-refractivity contribution < 1.29 is 28.9 Å². The first kappa shape index (κ1) is 30.3. The largest absolute Gasteiger partial charge is 0.459 e. The van der Waals surface area contributed by atoms with Crippen molar-refractivity contribution in [3.8, 4) is 0 Å². The quantitative estimate of drug-likeness (QED) is 0.101. The lowest BCUT2D eigenvalue weighted by Crippen LogP contribution is -2.57. The summed E-state index contributed by atoms with van der Waals surface area (Å²) in [5, 5.41) is 12.3.